The van der Waals surface area contributed by atoms with Gasteiger partial charge >= 0.3 is 0 Å². The molecule has 0 atom stereocenters. The molecular weight excluding hydrogens is 438 g/mol. The minimum absolute atomic E-state index is 0.0264. The summed E-state index contributed by atoms with van der Waals surface area (Å²) in [5, 5.41) is 2.84. The number of para-hydroxylation sites is 1. The summed E-state index contributed by atoms with van der Waals surface area (Å²) in [6, 6.07) is 24.5. The van der Waals surface area contributed by atoms with Crippen LogP contribution in [0.5, 0.6) is 0 Å². The summed E-state index contributed by atoms with van der Waals surface area (Å²) in [6.07, 6.45) is 5.00. The number of likely N-dealkylation sites (N-methyl/N-ethyl adjacent to an activating group) is 1. The number of anilines is 3. The first-order valence-corrected chi connectivity index (χ1v) is 11.9. The van der Waals surface area contributed by atoms with E-state index in [1.54, 1.807) is 28.0 Å². The van der Waals surface area contributed by atoms with Crippen LogP contribution in [0.3, 0.4) is 0 Å². The van der Waals surface area contributed by atoms with Gasteiger partial charge in [-0.2, -0.15) is 0 Å². The summed E-state index contributed by atoms with van der Waals surface area (Å²) >= 11 is 0. The van der Waals surface area contributed by atoms with Crippen LogP contribution in [0.4, 0.5) is 17.1 Å². The normalized spacial score (nSPS) is 13.3. The second-order valence-electron chi connectivity index (χ2n) is 8.41. The average Bonchev–Trinajstić information content (AvgIpc) is 3.31. The molecule has 3 aromatic carbocycles. The Hall–Kier alpha value is -4.19. The van der Waals surface area contributed by atoms with Crippen LogP contribution < -0.4 is 15.1 Å². The van der Waals surface area contributed by atoms with E-state index in [1.165, 1.54) is 6.08 Å². The number of carbonyl (C=O) groups is 3. The van der Waals surface area contributed by atoms with Crippen LogP contribution >= 0.6 is 0 Å². The van der Waals surface area contributed by atoms with E-state index in [1.807, 2.05) is 73.7 Å². The summed E-state index contributed by atoms with van der Waals surface area (Å²) in [5.41, 5.74) is 4.19. The van der Waals surface area contributed by atoms with E-state index in [0.29, 0.717) is 18.7 Å². The van der Waals surface area contributed by atoms with Crippen molar-refractivity contribution in [3.8, 4) is 0 Å². The van der Waals surface area contributed by atoms with E-state index in [4.69, 9.17) is 0 Å². The van der Waals surface area contributed by atoms with Crippen LogP contribution in [-0.4, -0.2) is 30.8 Å². The van der Waals surface area contributed by atoms with E-state index in [2.05, 4.69) is 5.32 Å². The molecule has 6 nitrogen and oxygen atoms in total. The molecule has 1 aliphatic heterocycles. The molecule has 3 amide bonds. The van der Waals surface area contributed by atoms with Gasteiger partial charge in [-0.15, -0.1) is 0 Å². The molecule has 1 fully saturated rings. The summed E-state index contributed by atoms with van der Waals surface area (Å²) in [6.45, 7) is 3.32. The number of nitrogens with one attached hydrogen (secondary N) is 1. The number of hydrogen-bond donors (Lipinski definition) is 1. The van der Waals surface area contributed by atoms with Gasteiger partial charge in [0.1, 0.15) is 0 Å². The van der Waals surface area contributed by atoms with Crippen LogP contribution in [0.25, 0.3) is 6.08 Å². The second kappa shape index (κ2) is 11.3. The van der Waals surface area contributed by atoms with E-state index < -0.39 is 0 Å². The van der Waals surface area contributed by atoms with Gasteiger partial charge in [-0.1, -0.05) is 42.5 Å². The maximum atomic E-state index is 12.8. The van der Waals surface area contributed by atoms with Crippen molar-refractivity contribution in [1.82, 2.24) is 0 Å². The fourth-order valence-electron chi connectivity index (χ4n) is 4.13. The second-order valence-corrected chi connectivity index (χ2v) is 8.41. The lowest BCUT2D eigenvalue weighted by Crippen LogP contribution is -2.31. The van der Waals surface area contributed by atoms with Gasteiger partial charge < -0.3 is 15.1 Å². The van der Waals surface area contributed by atoms with E-state index in [9.17, 15) is 14.4 Å². The zero-order valence-corrected chi connectivity index (χ0v) is 19.8. The predicted octanol–water partition coefficient (Wildman–Crippen LogP) is 5.06. The number of carbonyl (C=O) groups excluding carboxylic acids is 3. The van der Waals surface area contributed by atoms with Gasteiger partial charge in [-0.25, -0.2) is 0 Å². The third-order valence-electron chi connectivity index (χ3n) is 5.97. The maximum Gasteiger partial charge on any atom is 0.248 e. The number of amides is 3. The molecular formula is C29H29N3O3. The number of nitrogens with zero attached hydrogens (tertiary/aromatic N) is 2. The average molecular weight is 468 g/mol. The molecule has 1 aliphatic rings. The zero-order valence-electron chi connectivity index (χ0n) is 19.8. The highest BCUT2D eigenvalue weighted by atomic mass is 16.2. The Morgan fingerprint density at radius 1 is 0.971 bits per heavy atom. The highest BCUT2D eigenvalue weighted by Gasteiger charge is 2.21. The smallest absolute Gasteiger partial charge is 0.248 e. The molecule has 0 saturated carbocycles. The Morgan fingerprint density at radius 2 is 1.69 bits per heavy atom. The van der Waals surface area contributed by atoms with E-state index in [-0.39, 0.29) is 24.1 Å². The lowest BCUT2D eigenvalue weighted by atomic mass is 10.1. The molecule has 1 heterocycles. The van der Waals surface area contributed by atoms with Gasteiger partial charge in [0.15, 0.2) is 0 Å². The minimum atomic E-state index is -0.242. The van der Waals surface area contributed by atoms with Crippen molar-refractivity contribution >= 4 is 40.9 Å². The molecule has 0 unspecified atom stereocenters. The zero-order chi connectivity index (χ0) is 24.6. The summed E-state index contributed by atoms with van der Waals surface area (Å²) < 4.78 is 0. The van der Waals surface area contributed by atoms with Gasteiger partial charge in [-0.3, -0.25) is 14.4 Å². The Morgan fingerprint density at radius 3 is 2.31 bits per heavy atom. The molecule has 0 aromatic heterocycles. The Bertz CT molecular complexity index is 1200. The largest absolute Gasteiger partial charge is 0.323 e. The van der Waals surface area contributed by atoms with Crippen molar-refractivity contribution in [2.75, 3.05) is 28.2 Å². The first-order chi connectivity index (χ1) is 17.0. The SMILES string of the molecule is CCN(C(=O)Cc1ccc(NC(=O)/C=C/c2ccc(N3CCCC3=O)cc2)cc1)c1ccccc1. The van der Waals surface area contributed by atoms with Crippen LogP contribution in [0.1, 0.15) is 30.9 Å². The molecule has 6 heteroatoms. The Kier molecular flexibility index (Phi) is 7.73. The van der Waals surface area contributed by atoms with Crippen LogP contribution in [0, 0.1) is 0 Å². The molecule has 1 N–H and O–H groups in total. The van der Waals surface area contributed by atoms with Crippen LogP contribution in [-0.2, 0) is 20.8 Å². The summed E-state index contributed by atoms with van der Waals surface area (Å²) in [5.74, 6) is -0.0608. The van der Waals surface area contributed by atoms with Gasteiger partial charge in [0.05, 0.1) is 6.42 Å². The topological polar surface area (TPSA) is 69.7 Å². The van der Waals surface area contributed by atoms with Crippen molar-refractivity contribution < 1.29 is 14.4 Å². The van der Waals surface area contributed by atoms with E-state index in [0.717, 1.165) is 35.5 Å². The standard InChI is InChI=1S/C29H29N3O3/c1-2-31(25-7-4-3-5-8-25)29(35)21-23-10-15-24(16-11-23)30-27(33)19-14-22-12-17-26(18-13-22)32-20-6-9-28(32)34/h3-5,7-8,10-19H,2,6,9,20-21H2,1H3,(H,30,33)/b19-14+. The summed E-state index contributed by atoms with van der Waals surface area (Å²) in [4.78, 5) is 40.5. The van der Waals surface area contributed by atoms with Crippen LogP contribution in [0.2, 0.25) is 0 Å². The van der Waals surface area contributed by atoms with Crippen molar-refractivity contribution in [3.05, 3.63) is 96.1 Å². The van der Waals surface area contributed by atoms with Gasteiger partial charge in [0, 0.05) is 42.6 Å². The molecule has 0 aliphatic carbocycles. The Balaban J connectivity index is 1.30. The monoisotopic (exact) mass is 467 g/mol. The molecule has 0 bridgehead atoms. The lowest BCUT2D eigenvalue weighted by molar-refractivity contribution is -0.118. The van der Waals surface area contributed by atoms with Gasteiger partial charge in [-0.05, 0) is 66.9 Å². The number of benzene rings is 3. The Labute approximate surface area is 205 Å². The maximum absolute atomic E-state index is 12.8. The van der Waals surface area contributed by atoms with Crippen molar-refractivity contribution in [2.45, 2.75) is 26.2 Å². The molecule has 0 radical (unpaired) electrons. The minimum Gasteiger partial charge on any atom is -0.323 e. The van der Waals surface area contributed by atoms with Crippen LogP contribution in [0.15, 0.2) is 84.9 Å². The molecule has 1 saturated heterocycles. The van der Waals surface area contributed by atoms with Gasteiger partial charge in [0.25, 0.3) is 0 Å². The van der Waals surface area contributed by atoms with Crippen molar-refractivity contribution in [2.24, 2.45) is 0 Å². The molecule has 0 spiro atoms. The number of hydrogen-bond acceptors (Lipinski definition) is 3. The van der Waals surface area contributed by atoms with Crippen molar-refractivity contribution in [3.63, 3.8) is 0 Å². The predicted molar refractivity (Wildman–Crippen MR) is 140 cm³/mol. The first kappa shape index (κ1) is 24.0. The highest BCUT2D eigenvalue weighted by molar-refractivity contribution is 6.02. The fraction of sp³-hybridized carbons (Fsp3) is 0.207. The lowest BCUT2D eigenvalue weighted by Gasteiger charge is -2.21. The third kappa shape index (κ3) is 6.23. The fourth-order valence-corrected chi connectivity index (χ4v) is 4.13. The third-order valence-corrected chi connectivity index (χ3v) is 5.97. The quantitative estimate of drug-likeness (QED) is 0.471. The molecule has 4 rings (SSSR count). The molecule has 35 heavy (non-hydrogen) atoms. The first-order valence-electron chi connectivity index (χ1n) is 11.9. The van der Waals surface area contributed by atoms with E-state index >= 15 is 0 Å². The molecule has 3 aromatic rings. The number of rotatable bonds is 8. The highest BCUT2D eigenvalue weighted by Crippen LogP contribution is 2.22. The molecule has 178 valence electrons. The van der Waals surface area contributed by atoms with Gasteiger partial charge in [0.2, 0.25) is 17.7 Å². The van der Waals surface area contributed by atoms with Crippen molar-refractivity contribution in [1.29, 1.82) is 0 Å². The summed E-state index contributed by atoms with van der Waals surface area (Å²) in [7, 11) is 0.